The predicted octanol–water partition coefficient (Wildman–Crippen LogP) is 9.75. The minimum atomic E-state index is 0.466. The van der Waals surface area contributed by atoms with Crippen molar-refractivity contribution in [1.82, 2.24) is 4.98 Å². The number of hydrogen-bond acceptors (Lipinski definition) is 4. The molecule has 0 unspecified atom stereocenters. The second kappa shape index (κ2) is 9.29. The van der Waals surface area contributed by atoms with Crippen molar-refractivity contribution in [2.75, 3.05) is 0 Å². The van der Waals surface area contributed by atoms with Crippen LogP contribution in [-0.4, -0.2) is 4.98 Å². The molecule has 0 aliphatic rings. The molecule has 6 aromatic rings. The van der Waals surface area contributed by atoms with Crippen LogP contribution in [0.4, 0.5) is 0 Å². The van der Waals surface area contributed by atoms with Gasteiger partial charge in [0.05, 0.1) is 15.6 Å². The molecule has 2 aromatic heterocycles. The molecule has 0 saturated heterocycles. The molecule has 0 radical (unpaired) electrons. The number of nitrogens with zero attached hydrogens (tertiary/aromatic N) is 2. The molecule has 3 nitrogen and oxygen atoms in total. The normalized spacial score (nSPS) is 11.8. The van der Waals surface area contributed by atoms with Crippen LogP contribution in [0, 0.1) is 11.3 Å². The van der Waals surface area contributed by atoms with E-state index in [1.54, 1.807) is 12.1 Å². The van der Waals surface area contributed by atoms with E-state index in [-0.39, 0.29) is 0 Å². The van der Waals surface area contributed by atoms with Crippen LogP contribution in [0.1, 0.15) is 10.6 Å². The van der Waals surface area contributed by atoms with E-state index in [9.17, 15) is 5.26 Å². The Labute approximate surface area is 221 Å². The third-order valence-electron chi connectivity index (χ3n) is 6.02. The molecule has 172 valence electrons. The molecule has 4 aromatic carbocycles. The first-order valence-electron chi connectivity index (χ1n) is 11.1. The van der Waals surface area contributed by atoms with E-state index in [4.69, 9.17) is 32.6 Å². The monoisotopic (exact) mass is 522 g/mol. The van der Waals surface area contributed by atoms with E-state index in [2.05, 4.69) is 36.4 Å². The summed E-state index contributed by atoms with van der Waals surface area (Å²) in [5, 5.41) is 18.0. The number of hydrogen-bond donors (Lipinski definition) is 0. The molecular formula is C30H16Cl2N2OS. The third-order valence-corrected chi connectivity index (χ3v) is 7.63. The quantitative estimate of drug-likeness (QED) is 0.171. The fraction of sp³-hybridized carbons (Fsp3) is 0. The number of allylic oxidation sites excluding steroid dienone is 1. The molecule has 0 N–H and O–H groups in total. The fourth-order valence-corrected chi connectivity index (χ4v) is 5.35. The Kier molecular flexibility index (Phi) is 5.83. The van der Waals surface area contributed by atoms with E-state index in [1.165, 1.54) is 11.3 Å². The van der Waals surface area contributed by atoms with Gasteiger partial charge < -0.3 is 4.42 Å². The summed E-state index contributed by atoms with van der Waals surface area (Å²) < 4.78 is 6.05. The molecule has 0 amide bonds. The number of fused-ring (bicyclic) bond motifs is 2. The molecule has 36 heavy (non-hydrogen) atoms. The van der Waals surface area contributed by atoms with Gasteiger partial charge in [-0.15, -0.1) is 11.3 Å². The largest absolute Gasteiger partial charge is 0.454 e. The van der Waals surface area contributed by atoms with Crippen LogP contribution in [0.5, 0.6) is 0 Å². The number of rotatable bonds is 4. The summed E-state index contributed by atoms with van der Waals surface area (Å²) in [6.07, 6.45) is 1.94. The number of furan rings is 1. The molecule has 0 bridgehead atoms. The average Bonchev–Trinajstić information content (AvgIpc) is 3.58. The van der Waals surface area contributed by atoms with Crippen molar-refractivity contribution in [3.05, 3.63) is 111 Å². The Hall–Kier alpha value is -3.88. The van der Waals surface area contributed by atoms with Crippen LogP contribution in [0.15, 0.2) is 94.7 Å². The van der Waals surface area contributed by atoms with E-state index in [1.807, 2.05) is 53.9 Å². The van der Waals surface area contributed by atoms with Crippen molar-refractivity contribution in [1.29, 1.82) is 5.26 Å². The van der Waals surface area contributed by atoms with Gasteiger partial charge in [-0.2, -0.15) is 5.26 Å². The van der Waals surface area contributed by atoms with Crippen LogP contribution in [0.2, 0.25) is 10.0 Å². The Morgan fingerprint density at radius 1 is 0.833 bits per heavy atom. The topological polar surface area (TPSA) is 49.8 Å². The second-order valence-electron chi connectivity index (χ2n) is 8.23. The van der Waals surface area contributed by atoms with E-state index < -0.39 is 0 Å². The van der Waals surface area contributed by atoms with Crippen LogP contribution >= 0.6 is 34.5 Å². The van der Waals surface area contributed by atoms with Gasteiger partial charge in [-0.25, -0.2) is 4.98 Å². The van der Waals surface area contributed by atoms with Crippen molar-refractivity contribution in [3.8, 4) is 28.8 Å². The summed E-state index contributed by atoms with van der Waals surface area (Å²) in [5.74, 6) is 1.28. The third kappa shape index (κ3) is 4.08. The molecule has 0 atom stereocenters. The number of nitriles is 1. The highest BCUT2D eigenvalue weighted by atomic mass is 35.5. The smallest absolute Gasteiger partial charge is 0.154 e. The van der Waals surface area contributed by atoms with Gasteiger partial charge in [0.25, 0.3) is 0 Å². The van der Waals surface area contributed by atoms with Crippen molar-refractivity contribution in [3.63, 3.8) is 0 Å². The molecule has 0 aliphatic heterocycles. The van der Waals surface area contributed by atoms with Crippen molar-refractivity contribution in [2.24, 2.45) is 0 Å². The Morgan fingerprint density at radius 3 is 2.22 bits per heavy atom. The SMILES string of the molecule is N#CC(=Cc1c2ccccc2cc2ccccc12)c1nc(-c2ccc(-c3ccc(Cl)c(Cl)c3)o2)cs1. The minimum absolute atomic E-state index is 0.466. The van der Waals surface area contributed by atoms with Gasteiger partial charge in [0.2, 0.25) is 0 Å². The molecule has 0 spiro atoms. The summed E-state index contributed by atoms with van der Waals surface area (Å²) in [5.41, 5.74) is 3.01. The molecule has 0 fully saturated rings. The van der Waals surface area contributed by atoms with Crippen LogP contribution in [-0.2, 0) is 0 Å². The van der Waals surface area contributed by atoms with Crippen LogP contribution in [0.25, 0.3) is 56.0 Å². The molecular weight excluding hydrogens is 507 g/mol. The maximum Gasteiger partial charge on any atom is 0.154 e. The molecule has 6 heteroatoms. The highest BCUT2D eigenvalue weighted by Crippen LogP contribution is 2.35. The zero-order valence-electron chi connectivity index (χ0n) is 18.7. The van der Waals surface area contributed by atoms with Crippen molar-refractivity contribution >= 4 is 67.7 Å². The number of halogens is 2. The van der Waals surface area contributed by atoms with Gasteiger partial charge in [-0.05, 0) is 69.6 Å². The first-order valence-corrected chi connectivity index (χ1v) is 12.8. The number of aromatic nitrogens is 1. The predicted molar refractivity (Wildman–Crippen MR) is 150 cm³/mol. The highest BCUT2D eigenvalue weighted by molar-refractivity contribution is 7.11. The fourth-order valence-electron chi connectivity index (χ4n) is 4.28. The first kappa shape index (κ1) is 22.6. The Morgan fingerprint density at radius 2 is 1.53 bits per heavy atom. The van der Waals surface area contributed by atoms with Crippen molar-refractivity contribution in [2.45, 2.75) is 0 Å². The molecule has 2 heterocycles. The zero-order chi connectivity index (χ0) is 24.6. The first-order chi connectivity index (χ1) is 17.6. The average molecular weight is 523 g/mol. The van der Waals surface area contributed by atoms with Crippen molar-refractivity contribution < 1.29 is 4.42 Å². The lowest BCUT2D eigenvalue weighted by molar-refractivity contribution is 0.595. The van der Waals surface area contributed by atoms with Crippen LogP contribution in [0.3, 0.4) is 0 Å². The molecule has 0 saturated carbocycles. The minimum Gasteiger partial charge on any atom is -0.454 e. The summed E-state index contributed by atoms with van der Waals surface area (Å²) >= 11 is 13.6. The summed E-state index contributed by atoms with van der Waals surface area (Å²) in [6, 6.07) is 30.1. The number of benzene rings is 4. The molecule has 0 aliphatic carbocycles. The van der Waals surface area contributed by atoms with Gasteiger partial charge in [0.1, 0.15) is 22.5 Å². The summed E-state index contributed by atoms with van der Waals surface area (Å²) in [6.45, 7) is 0. The summed E-state index contributed by atoms with van der Waals surface area (Å²) in [7, 11) is 0. The maximum atomic E-state index is 10.1. The zero-order valence-corrected chi connectivity index (χ0v) is 21.0. The second-order valence-corrected chi connectivity index (χ2v) is 9.91. The van der Waals surface area contributed by atoms with Gasteiger partial charge in [-0.1, -0.05) is 71.7 Å². The van der Waals surface area contributed by atoms with E-state index in [0.29, 0.717) is 37.8 Å². The summed E-state index contributed by atoms with van der Waals surface area (Å²) in [4.78, 5) is 4.73. The Bertz CT molecular complexity index is 1790. The Balaban J connectivity index is 1.41. The lowest BCUT2D eigenvalue weighted by Crippen LogP contribution is -1.86. The molecule has 6 rings (SSSR count). The lowest BCUT2D eigenvalue weighted by Gasteiger charge is -2.08. The van der Waals surface area contributed by atoms with Crippen LogP contribution < -0.4 is 0 Å². The number of thiazole rings is 1. The van der Waals surface area contributed by atoms with Gasteiger partial charge >= 0.3 is 0 Å². The van der Waals surface area contributed by atoms with Gasteiger partial charge in [-0.3, -0.25) is 0 Å². The highest BCUT2D eigenvalue weighted by Gasteiger charge is 2.15. The van der Waals surface area contributed by atoms with E-state index in [0.717, 1.165) is 32.7 Å². The maximum absolute atomic E-state index is 10.1. The lowest BCUT2D eigenvalue weighted by atomic mass is 9.95. The van der Waals surface area contributed by atoms with Gasteiger partial charge in [0, 0.05) is 10.9 Å². The van der Waals surface area contributed by atoms with Gasteiger partial charge in [0.15, 0.2) is 5.76 Å². The standard InChI is InChI=1S/C30H16Cl2N2OS/c31-25-10-9-20(15-26(25)32)28-11-12-29(35-28)27-17-36-30(34-27)21(16-33)14-24-22-7-3-1-5-18(22)13-19-6-2-4-8-23(19)24/h1-15,17H. The van der Waals surface area contributed by atoms with E-state index >= 15 is 0 Å².